The number of ether oxygens (including phenoxy) is 1. The number of ketones is 1. The molecule has 3 aliphatic rings. The molecule has 0 aromatic rings. The number of nitrogens with zero attached hydrogens (tertiary/aromatic N) is 1. The fraction of sp³-hybridized carbons (Fsp3) is 0.778. The van der Waals surface area contributed by atoms with Gasteiger partial charge in [0.2, 0.25) is 0 Å². The minimum Gasteiger partial charge on any atom is -0.469 e. The number of hydrogen-bond donors (Lipinski definition) is 0. The molecule has 0 spiro atoms. The topological polar surface area (TPSA) is 46.6 Å². The van der Waals surface area contributed by atoms with Gasteiger partial charge in [-0.15, -0.1) is 0 Å². The molecule has 3 heterocycles. The normalized spacial score (nSPS) is 37.6. The Morgan fingerprint density at radius 2 is 2.38 bits per heavy atom. The van der Waals surface area contributed by atoms with Gasteiger partial charge in [0, 0.05) is 12.5 Å². The number of esters is 1. The Labute approximate surface area is 76.8 Å². The SMILES string of the molecule is COC(=O)C1CN2CC[C@@H]1C(=O)C2. The predicted molar refractivity (Wildman–Crippen MR) is 45.1 cm³/mol. The zero-order valence-corrected chi connectivity index (χ0v) is 7.66. The third-order valence-corrected chi connectivity index (χ3v) is 2.99. The number of piperidine rings is 3. The Bertz CT molecular complexity index is 251. The summed E-state index contributed by atoms with van der Waals surface area (Å²) in [7, 11) is 1.38. The van der Waals surface area contributed by atoms with Gasteiger partial charge in [0.05, 0.1) is 19.6 Å². The van der Waals surface area contributed by atoms with Crippen LogP contribution in [0.1, 0.15) is 6.42 Å². The van der Waals surface area contributed by atoms with Crippen LogP contribution < -0.4 is 0 Å². The van der Waals surface area contributed by atoms with E-state index in [1.807, 2.05) is 4.90 Å². The van der Waals surface area contributed by atoms with Crippen LogP contribution in [0.25, 0.3) is 0 Å². The van der Waals surface area contributed by atoms with Crippen LogP contribution in [0.2, 0.25) is 0 Å². The molecule has 0 N–H and O–H groups in total. The standard InChI is InChI=1S/C9H13NO3/c1-13-9(12)7-4-10-3-2-6(7)8(11)5-10/h6-7H,2-5H2,1H3/t6-,7?/m0/s1. The van der Waals surface area contributed by atoms with Crippen LogP contribution in [0.4, 0.5) is 0 Å². The average molecular weight is 183 g/mol. The van der Waals surface area contributed by atoms with Gasteiger partial charge in [-0.3, -0.25) is 14.5 Å². The largest absolute Gasteiger partial charge is 0.469 e. The molecule has 0 saturated carbocycles. The van der Waals surface area contributed by atoms with Crippen molar-refractivity contribution in [3.8, 4) is 0 Å². The van der Waals surface area contributed by atoms with Crippen molar-refractivity contribution in [2.45, 2.75) is 6.42 Å². The molecule has 3 aliphatic heterocycles. The lowest BCUT2D eigenvalue weighted by Crippen LogP contribution is -2.55. The van der Waals surface area contributed by atoms with Gasteiger partial charge in [-0.1, -0.05) is 0 Å². The summed E-state index contributed by atoms with van der Waals surface area (Å²) >= 11 is 0. The monoisotopic (exact) mass is 183 g/mol. The van der Waals surface area contributed by atoms with Crippen LogP contribution >= 0.6 is 0 Å². The van der Waals surface area contributed by atoms with Crippen LogP contribution in [0.3, 0.4) is 0 Å². The molecule has 2 unspecified atom stereocenters. The van der Waals surface area contributed by atoms with Crippen molar-refractivity contribution >= 4 is 11.8 Å². The third kappa shape index (κ3) is 1.35. The van der Waals surface area contributed by atoms with E-state index in [-0.39, 0.29) is 23.6 Å². The molecule has 4 heteroatoms. The second-order valence-electron chi connectivity index (χ2n) is 3.73. The highest BCUT2D eigenvalue weighted by Gasteiger charge is 2.43. The number of hydrogen-bond acceptors (Lipinski definition) is 4. The fourth-order valence-electron chi connectivity index (χ4n) is 2.28. The van der Waals surface area contributed by atoms with E-state index in [0.29, 0.717) is 13.1 Å². The predicted octanol–water partition coefficient (Wildman–Crippen LogP) is -0.320. The summed E-state index contributed by atoms with van der Waals surface area (Å²) in [5.74, 6) is -0.312. The number of carbonyl (C=O) groups excluding carboxylic acids is 2. The maximum atomic E-state index is 11.4. The summed E-state index contributed by atoms with van der Waals surface area (Å²) in [4.78, 5) is 24.8. The van der Waals surface area contributed by atoms with E-state index < -0.39 is 0 Å². The molecule has 72 valence electrons. The van der Waals surface area contributed by atoms with E-state index in [1.54, 1.807) is 0 Å². The maximum Gasteiger partial charge on any atom is 0.310 e. The summed E-state index contributed by atoms with van der Waals surface area (Å²) in [6, 6.07) is 0. The third-order valence-electron chi connectivity index (χ3n) is 2.99. The number of Topliss-reactive ketones (excluding diaryl/α,β-unsaturated/α-hetero) is 1. The maximum absolute atomic E-state index is 11.4. The van der Waals surface area contributed by atoms with Crippen molar-refractivity contribution in [1.82, 2.24) is 4.90 Å². The molecule has 0 aromatic heterocycles. The Hall–Kier alpha value is -0.900. The first-order valence-corrected chi connectivity index (χ1v) is 4.55. The molecule has 4 nitrogen and oxygen atoms in total. The van der Waals surface area contributed by atoms with Gasteiger partial charge in [-0.25, -0.2) is 0 Å². The summed E-state index contributed by atoms with van der Waals surface area (Å²) in [6.45, 7) is 2.17. The molecule has 2 bridgehead atoms. The summed E-state index contributed by atoms with van der Waals surface area (Å²) in [5.41, 5.74) is 0. The molecular formula is C9H13NO3. The number of methoxy groups -OCH3 is 1. The van der Waals surface area contributed by atoms with Crippen molar-refractivity contribution < 1.29 is 14.3 Å². The molecule has 0 amide bonds. The minimum absolute atomic E-state index is 0.0718. The Morgan fingerprint density at radius 1 is 1.62 bits per heavy atom. The second kappa shape index (κ2) is 3.10. The summed E-state index contributed by atoms with van der Waals surface area (Å²) in [5, 5.41) is 0. The first-order chi connectivity index (χ1) is 6.22. The lowest BCUT2D eigenvalue weighted by Gasteiger charge is -2.41. The van der Waals surface area contributed by atoms with E-state index in [4.69, 9.17) is 0 Å². The van der Waals surface area contributed by atoms with Crippen LogP contribution in [0.15, 0.2) is 0 Å². The highest BCUT2D eigenvalue weighted by molar-refractivity contribution is 5.90. The van der Waals surface area contributed by atoms with Crippen LogP contribution in [0.5, 0.6) is 0 Å². The fourth-order valence-corrected chi connectivity index (χ4v) is 2.28. The average Bonchev–Trinajstić information content (AvgIpc) is 2.17. The molecule has 13 heavy (non-hydrogen) atoms. The van der Waals surface area contributed by atoms with E-state index >= 15 is 0 Å². The minimum atomic E-state index is -0.234. The first kappa shape index (κ1) is 8.69. The highest BCUT2D eigenvalue weighted by atomic mass is 16.5. The van der Waals surface area contributed by atoms with Gasteiger partial charge >= 0.3 is 5.97 Å². The number of rotatable bonds is 1. The Morgan fingerprint density at radius 3 is 2.92 bits per heavy atom. The van der Waals surface area contributed by atoms with Crippen molar-refractivity contribution in [1.29, 1.82) is 0 Å². The van der Waals surface area contributed by atoms with Crippen LogP contribution in [0, 0.1) is 11.8 Å². The molecule has 0 aliphatic carbocycles. The summed E-state index contributed by atoms with van der Waals surface area (Å²) in [6.07, 6.45) is 0.818. The lowest BCUT2D eigenvalue weighted by molar-refractivity contribution is -0.157. The molecule has 0 radical (unpaired) electrons. The second-order valence-corrected chi connectivity index (χ2v) is 3.73. The Balaban J connectivity index is 2.14. The van der Waals surface area contributed by atoms with E-state index in [0.717, 1.165) is 13.0 Å². The first-order valence-electron chi connectivity index (χ1n) is 4.55. The Kier molecular flexibility index (Phi) is 2.07. The van der Waals surface area contributed by atoms with Gasteiger partial charge in [0.1, 0.15) is 0 Å². The smallest absolute Gasteiger partial charge is 0.310 e. The number of fused-ring (bicyclic) bond motifs is 3. The van der Waals surface area contributed by atoms with E-state index in [1.165, 1.54) is 7.11 Å². The quantitative estimate of drug-likeness (QED) is 0.523. The van der Waals surface area contributed by atoms with Gasteiger partial charge in [-0.05, 0) is 13.0 Å². The van der Waals surface area contributed by atoms with Crippen molar-refractivity contribution in [3.63, 3.8) is 0 Å². The van der Waals surface area contributed by atoms with Gasteiger partial charge < -0.3 is 4.74 Å². The zero-order valence-electron chi connectivity index (χ0n) is 7.66. The molecule has 3 rings (SSSR count). The van der Waals surface area contributed by atoms with Crippen LogP contribution in [-0.4, -0.2) is 43.4 Å². The zero-order chi connectivity index (χ0) is 9.42. The molecule has 3 saturated heterocycles. The number of carbonyl (C=O) groups is 2. The molecule has 0 aromatic carbocycles. The highest BCUT2D eigenvalue weighted by Crippen LogP contribution is 2.30. The summed E-state index contributed by atoms with van der Waals surface area (Å²) < 4.78 is 4.67. The molecule has 3 fully saturated rings. The van der Waals surface area contributed by atoms with Gasteiger partial charge in [0.15, 0.2) is 5.78 Å². The van der Waals surface area contributed by atoms with Gasteiger partial charge in [-0.2, -0.15) is 0 Å². The van der Waals surface area contributed by atoms with Crippen molar-refractivity contribution in [2.24, 2.45) is 11.8 Å². The lowest BCUT2D eigenvalue weighted by atomic mass is 9.78. The van der Waals surface area contributed by atoms with E-state index in [9.17, 15) is 9.59 Å². The van der Waals surface area contributed by atoms with Gasteiger partial charge in [0.25, 0.3) is 0 Å². The van der Waals surface area contributed by atoms with Crippen molar-refractivity contribution in [3.05, 3.63) is 0 Å². The van der Waals surface area contributed by atoms with E-state index in [2.05, 4.69) is 4.74 Å². The molecule has 3 atom stereocenters. The van der Waals surface area contributed by atoms with Crippen molar-refractivity contribution in [2.75, 3.05) is 26.7 Å². The van der Waals surface area contributed by atoms with Crippen LogP contribution in [-0.2, 0) is 14.3 Å². The molecular weight excluding hydrogens is 170 g/mol.